The minimum absolute atomic E-state index is 0.000950. The number of carboxylic acids is 1. The van der Waals surface area contributed by atoms with Crippen LogP contribution in [0.2, 0.25) is 0 Å². The molecule has 0 heterocycles. The fraction of sp³-hybridized carbons (Fsp3) is 0.0870. The zero-order valence-electron chi connectivity index (χ0n) is 16.0. The van der Waals surface area contributed by atoms with E-state index in [-0.39, 0.29) is 17.2 Å². The van der Waals surface area contributed by atoms with Gasteiger partial charge >= 0.3 is 5.97 Å². The number of hydrogen-bond donors (Lipinski definition) is 3. The van der Waals surface area contributed by atoms with Gasteiger partial charge in [0.05, 0.1) is 16.9 Å². The van der Waals surface area contributed by atoms with Gasteiger partial charge in [0.25, 0.3) is 11.8 Å². The molecule has 0 saturated heterocycles. The van der Waals surface area contributed by atoms with E-state index in [9.17, 15) is 19.5 Å². The Labute approximate surface area is 168 Å². The van der Waals surface area contributed by atoms with Crippen molar-refractivity contribution in [2.24, 2.45) is 0 Å². The maximum Gasteiger partial charge on any atom is 0.335 e. The number of anilines is 2. The Hall–Kier alpha value is -3.93. The van der Waals surface area contributed by atoms with E-state index in [0.29, 0.717) is 16.8 Å². The molecule has 0 saturated carbocycles. The average Bonchev–Trinajstić information content (AvgIpc) is 2.69. The van der Waals surface area contributed by atoms with E-state index in [4.69, 9.17) is 0 Å². The minimum atomic E-state index is -1.13. The SMILES string of the molecule is Cc1ccccc1C(=O)Nc1ccc(C(=O)O)cc1NC(=O)c1ccccc1C. The molecule has 0 aliphatic heterocycles. The molecule has 3 aromatic rings. The van der Waals surface area contributed by atoms with Crippen LogP contribution in [-0.4, -0.2) is 22.9 Å². The summed E-state index contributed by atoms with van der Waals surface area (Å²) in [6, 6.07) is 18.3. The van der Waals surface area contributed by atoms with Crippen LogP contribution in [0.25, 0.3) is 0 Å². The first-order chi connectivity index (χ1) is 13.9. The van der Waals surface area contributed by atoms with Crippen LogP contribution >= 0.6 is 0 Å². The van der Waals surface area contributed by atoms with E-state index in [1.165, 1.54) is 18.2 Å². The molecule has 0 unspecified atom stereocenters. The summed E-state index contributed by atoms with van der Waals surface area (Å²) in [6.07, 6.45) is 0. The van der Waals surface area contributed by atoms with Crippen LogP contribution in [0, 0.1) is 13.8 Å². The second kappa shape index (κ2) is 8.39. The van der Waals surface area contributed by atoms with Crippen LogP contribution in [0.4, 0.5) is 11.4 Å². The molecule has 6 heteroatoms. The van der Waals surface area contributed by atoms with Crippen molar-refractivity contribution in [3.8, 4) is 0 Å². The molecule has 3 N–H and O–H groups in total. The Kier molecular flexibility index (Phi) is 5.74. The first-order valence-corrected chi connectivity index (χ1v) is 8.98. The van der Waals surface area contributed by atoms with Crippen molar-refractivity contribution in [3.05, 3.63) is 94.5 Å². The fourth-order valence-corrected chi connectivity index (χ4v) is 2.92. The van der Waals surface area contributed by atoms with Gasteiger partial charge in [0.15, 0.2) is 0 Å². The molecule has 146 valence electrons. The summed E-state index contributed by atoms with van der Waals surface area (Å²) in [5.74, 6) is -1.87. The van der Waals surface area contributed by atoms with Crippen molar-refractivity contribution >= 4 is 29.2 Å². The summed E-state index contributed by atoms with van der Waals surface area (Å²) in [4.78, 5) is 36.7. The van der Waals surface area contributed by atoms with Gasteiger partial charge in [-0.25, -0.2) is 4.79 Å². The Morgan fingerprint density at radius 3 is 1.66 bits per heavy atom. The monoisotopic (exact) mass is 388 g/mol. The van der Waals surface area contributed by atoms with Gasteiger partial charge in [-0.15, -0.1) is 0 Å². The molecule has 0 bridgehead atoms. The van der Waals surface area contributed by atoms with E-state index in [1.54, 1.807) is 24.3 Å². The van der Waals surface area contributed by atoms with E-state index >= 15 is 0 Å². The highest BCUT2D eigenvalue weighted by molar-refractivity contribution is 6.11. The standard InChI is InChI=1S/C23H20N2O4/c1-14-7-3-5-9-17(14)21(26)24-19-12-11-16(23(28)29)13-20(19)25-22(27)18-10-6-4-8-15(18)2/h3-13H,1-2H3,(H,24,26)(H,25,27)(H,28,29). The maximum absolute atomic E-state index is 12.7. The summed E-state index contributed by atoms with van der Waals surface area (Å²) in [7, 11) is 0. The molecule has 0 radical (unpaired) electrons. The van der Waals surface area contributed by atoms with E-state index in [0.717, 1.165) is 11.1 Å². The molecule has 0 aromatic heterocycles. The zero-order chi connectivity index (χ0) is 21.0. The van der Waals surface area contributed by atoms with Gasteiger partial charge in [0.1, 0.15) is 0 Å². The number of aryl methyl sites for hydroxylation is 2. The number of carbonyl (C=O) groups is 3. The maximum atomic E-state index is 12.7. The Balaban J connectivity index is 1.94. The number of carbonyl (C=O) groups excluding carboxylic acids is 2. The molecule has 0 aliphatic rings. The van der Waals surface area contributed by atoms with Gasteiger partial charge in [-0.2, -0.15) is 0 Å². The molecule has 0 aliphatic carbocycles. The van der Waals surface area contributed by atoms with E-state index < -0.39 is 11.9 Å². The molecule has 3 rings (SSSR count). The largest absolute Gasteiger partial charge is 0.478 e. The smallest absolute Gasteiger partial charge is 0.335 e. The number of amides is 2. The highest BCUT2D eigenvalue weighted by Gasteiger charge is 2.16. The lowest BCUT2D eigenvalue weighted by molar-refractivity contribution is 0.0696. The molecular weight excluding hydrogens is 368 g/mol. The third kappa shape index (κ3) is 4.50. The van der Waals surface area contributed by atoms with Crippen molar-refractivity contribution in [1.29, 1.82) is 0 Å². The van der Waals surface area contributed by atoms with Crippen LogP contribution in [0.5, 0.6) is 0 Å². The number of nitrogens with one attached hydrogen (secondary N) is 2. The van der Waals surface area contributed by atoms with Crippen LogP contribution in [0.1, 0.15) is 42.2 Å². The van der Waals surface area contributed by atoms with Gasteiger partial charge in [0, 0.05) is 11.1 Å². The minimum Gasteiger partial charge on any atom is -0.478 e. The number of hydrogen-bond acceptors (Lipinski definition) is 3. The van der Waals surface area contributed by atoms with Crippen molar-refractivity contribution in [3.63, 3.8) is 0 Å². The van der Waals surface area contributed by atoms with Crippen molar-refractivity contribution < 1.29 is 19.5 Å². The number of aromatic carboxylic acids is 1. The number of carboxylic acid groups (broad SMARTS) is 1. The van der Waals surface area contributed by atoms with Gasteiger partial charge in [-0.3, -0.25) is 9.59 Å². The molecule has 29 heavy (non-hydrogen) atoms. The lowest BCUT2D eigenvalue weighted by atomic mass is 10.1. The summed E-state index contributed by atoms with van der Waals surface area (Å²) in [5.41, 5.74) is 3.06. The van der Waals surface area contributed by atoms with Gasteiger partial charge < -0.3 is 15.7 Å². The van der Waals surface area contributed by atoms with Crippen LogP contribution in [0.3, 0.4) is 0 Å². The first kappa shape index (κ1) is 19.8. The number of benzene rings is 3. The zero-order valence-corrected chi connectivity index (χ0v) is 16.0. The highest BCUT2D eigenvalue weighted by atomic mass is 16.4. The summed E-state index contributed by atoms with van der Waals surface area (Å²) < 4.78 is 0. The van der Waals surface area contributed by atoms with Crippen molar-refractivity contribution in [2.45, 2.75) is 13.8 Å². The summed E-state index contributed by atoms with van der Waals surface area (Å²) in [5, 5.41) is 14.8. The quantitative estimate of drug-likeness (QED) is 0.599. The van der Waals surface area contributed by atoms with E-state index in [1.807, 2.05) is 38.1 Å². The molecule has 6 nitrogen and oxygen atoms in total. The Morgan fingerprint density at radius 2 is 1.17 bits per heavy atom. The van der Waals surface area contributed by atoms with Crippen molar-refractivity contribution in [2.75, 3.05) is 10.6 Å². The lowest BCUT2D eigenvalue weighted by Crippen LogP contribution is -2.18. The third-order valence-electron chi connectivity index (χ3n) is 4.54. The van der Waals surface area contributed by atoms with Crippen molar-refractivity contribution in [1.82, 2.24) is 0 Å². The molecule has 2 amide bonds. The second-order valence-electron chi connectivity index (χ2n) is 6.60. The fourth-order valence-electron chi connectivity index (χ4n) is 2.92. The Morgan fingerprint density at radius 1 is 0.690 bits per heavy atom. The summed E-state index contributed by atoms with van der Waals surface area (Å²) >= 11 is 0. The predicted octanol–water partition coefficient (Wildman–Crippen LogP) is 4.51. The molecule has 3 aromatic carbocycles. The molecule has 0 fully saturated rings. The first-order valence-electron chi connectivity index (χ1n) is 8.98. The van der Waals surface area contributed by atoms with Crippen LogP contribution < -0.4 is 10.6 Å². The van der Waals surface area contributed by atoms with Crippen LogP contribution in [-0.2, 0) is 0 Å². The van der Waals surface area contributed by atoms with Gasteiger partial charge in [-0.1, -0.05) is 36.4 Å². The third-order valence-corrected chi connectivity index (χ3v) is 4.54. The highest BCUT2D eigenvalue weighted by Crippen LogP contribution is 2.26. The molecular formula is C23H20N2O4. The Bertz CT molecular complexity index is 1110. The second-order valence-corrected chi connectivity index (χ2v) is 6.60. The average molecular weight is 388 g/mol. The topological polar surface area (TPSA) is 95.5 Å². The van der Waals surface area contributed by atoms with Crippen LogP contribution in [0.15, 0.2) is 66.7 Å². The molecule has 0 atom stereocenters. The summed E-state index contributed by atoms with van der Waals surface area (Å²) in [6.45, 7) is 3.63. The normalized spacial score (nSPS) is 10.3. The van der Waals surface area contributed by atoms with Gasteiger partial charge in [-0.05, 0) is 55.3 Å². The van der Waals surface area contributed by atoms with E-state index in [2.05, 4.69) is 10.6 Å². The molecule has 0 spiro atoms. The lowest BCUT2D eigenvalue weighted by Gasteiger charge is -2.15. The van der Waals surface area contributed by atoms with Gasteiger partial charge in [0.2, 0.25) is 0 Å². The number of rotatable bonds is 5. The predicted molar refractivity (Wildman–Crippen MR) is 112 cm³/mol.